The fourth-order valence-corrected chi connectivity index (χ4v) is 6.01. The quantitative estimate of drug-likeness (QED) is 0.627. The summed E-state index contributed by atoms with van der Waals surface area (Å²) in [7, 11) is -3.55. The van der Waals surface area contributed by atoms with Gasteiger partial charge in [0.2, 0.25) is 21.8 Å². The van der Waals surface area contributed by atoms with Crippen LogP contribution in [0.5, 0.6) is 0 Å². The first-order valence-electron chi connectivity index (χ1n) is 11.5. The molecule has 7 nitrogen and oxygen atoms in total. The molecule has 0 saturated carbocycles. The number of piperidine rings is 1. The summed E-state index contributed by atoms with van der Waals surface area (Å²) in [4.78, 5) is 27.1. The summed E-state index contributed by atoms with van der Waals surface area (Å²) in [5.74, 6) is -0.416. The molecule has 1 aliphatic carbocycles. The number of nitrogens with one attached hydrogen (secondary N) is 1. The minimum absolute atomic E-state index is 0.0388. The first kappa shape index (κ1) is 23.7. The number of carbonyl (C=O) groups is 2. The molecule has 0 spiro atoms. The van der Waals surface area contributed by atoms with E-state index in [1.807, 2.05) is 26.0 Å². The largest absolute Gasteiger partial charge is 0.355 e. The molecule has 172 valence electrons. The third-order valence-corrected chi connectivity index (χ3v) is 8.12. The van der Waals surface area contributed by atoms with Gasteiger partial charge in [-0.1, -0.05) is 19.9 Å². The van der Waals surface area contributed by atoms with Gasteiger partial charge in [0.05, 0.1) is 11.4 Å². The molecule has 3 rings (SSSR count). The average Bonchev–Trinajstić information content (AvgIpc) is 3.25. The first-order chi connectivity index (χ1) is 14.9. The fraction of sp³-hybridized carbons (Fsp3) is 0.652. The average molecular weight is 450 g/mol. The third-order valence-electron chi connectivity index (χ3n) is 6.22. The maximum absolute atomic E-state index is 13.1. The normalized spacial score (nSPS) is 17.4. The summed E-state index contributed by atoms with van der Waals surface area (Å²) < 4.78 is 27.8. The van der Waals surface area contributed by atoms with E-state index in [9.17, 15) is 18.0 Å². The van der Waals surface area contributed by atoms with Gasteiger partial charge in [0.15, 0.2) is 0 Å². The van der Waals surface area contributed by atoms with Gasteiger partial charge in [0.25, 0.3) is 0 Å². The maximum atomic E-state index is 13.1. The molecule has 0 radical (unpaired) electrons. The molecule has 0 atom stereocenters. The Morgan fingerprint density at radius 1 is 1.10 bits per heavy atom. The Bertz CT molecular complexity index is 892. The van der Waals surface area contributed by atoms with Crippen LogP contribution in [0.2, 0.25) is 0 Å². The van der Waals surface area contributed by atoms with Gasteiger partial charge >= 0.3 is 0 Å². The van der Waals surface area contributed by atoms with E-state index in [1.54, 1.807) is 11.0 Å². The number of benzene rings is 1. The minimum Gasteiger partial charge on any atom is -0.355 e. The van der Waals surface area contributed by atoms with E-state index in [-0.39, 0.29) is 24.3 Å². The predicted molar refractivity (Wildman–Crippen MR) is 120 cm³/mol. The molecule has 0 unspecified atom stereocenters. The monoisotopic (exact) mass is 449 g/mol. The van der Waals surface area contributed by atoms with Gasteiger partial charge < -0.3 is 10.2 Å². The summed E-state index contributed by atoms with van der Waals surface area (Å²) in [6, 6.07) is 5.49. The van der Waals surface area contributed by atoms with Crippen molar-refractivity contribution in [1.82, 2.24) is 14.5 Å². The van der Waals surface area contributed by atoms with E-state index in [2.05, 4.69) is 5.32 Å². The topological polar surface area (TPSA) is 86.8 Å². The van der Waals surface area contributed by atoms with Crippen LogP contribution in [-0.4, -0.2) is 62.2 Å². The molecule has 0 bridgehead atoms. The zero-order valence-corrected chi connectivity index (χ0v) is 19.5. The molecule has 1 aromatic rings. The third kappa shape index (κ3) is 5.66. The molecule has 2 amide bonds. The Labute approximate surface area is 186 Å². The molecule has 1 N–H and O–H groups in total. The number of hydrogen-bond donors (Lipinski definition) is 1. The Kier molecular flexibility index (Phi) is 8.11. The van der Waals surface area contributed by atoms with Crippen LogP contribution in [0.25, 0.3) is 0 Å². The fourth-order valence-electron chi connectivity index (χ4n) is 4.49. The van der Waals surface area contributed by atoms with Crippen molar-refractivity contribution in [3.8, 4) is 0 Å². The summed E-state index contributed by atoms with van der Waals surface area (Å²) in [5, 5.41) is 2.82. The molecule has 0 aromatic heterocycles. The highest BCUT2D eigenvalue weighted by atomic mass is 32.2. The van der Waals surface area contributed by atoms with Gasteiger partial charge in [-0.3, -0.25) is 9.59 Å². The summed E-state index contributed by atoms with van der Waals surface area (Å²) in [5.41, 5.74) is 2.39. The van der Waals surface area contributed by atoms with E-state index < -0.39 is 10.0 Å². The molecule has 1 aliphatic heterocycles. The van der Waals surface area contributed by atoms with Crippen LogP contribution in [0.15, 0.2) is 23.1 Å². The van der Waals surface area contributed by atoms with Gasteiger partial charge in [0.1, 0.15) is 0 Å². The number of amides is 2. The molecule has 31 heavy (non-hydrogen) atoms. The zero-order chi connectivity index (χ0) is 22.4. The second-order valence-corrected chi connectivity index (χ2v) is 10.5. The Balaban J connectivity index is 1.60. The van der Waals surface area contributed by atoms with Crippen LogP contribution in [0.4, 0.5) is 0 Å². The molecular formula is C23H35N3O4S. The lowest BCUT2D eigenvalue weighted by Gasteiger charge is -2.33. The second kappa shape index (κ2) is 10.6. The van der Waals surface area contributed by atoms with Crippen molar-refractivity contribution in [3.05, 3.63) is 29.3 Å². The SMILES string of the molecule is CCCNC(=O)CN(CCC)C(=O)C1CCN(S(=O)(=O)c2ccc3c(c2)CCC3)CC1. The van der Waals surface area contributed by atoms with Crippen LogP contribution >= 0.6 is 0 Å². The smallest absolute Gasteiger partial charge is 0.243 e. The lowest BCUT2D eigenvalue weighted by molar-refractivity contribution is -0.140. The standard InChI is InChI=1S/C23H35N3O4S/c1-3-12-24-22(27)17-25(13-4-2)23(28)19-10-14-26(15-11-19)31(29,30)21-9-8-18-6-5-7-20(18)16-21/h8-9,16,19H,3-7,10-15,17H2,1-2H3,(H,24,27). The Morgan fingerprint density at radius 2 is 1.81 bits per heavy atom. The number of aryl methyl sites for hydroxylation is 2. The highest BCUT2D eigenvalue weighted by Gasteiger charge is 2.34. The molecule has 2 aliphatic rings. The summed E-state index contributed by atoms with van der Waals surface area (Å²) >= 11 is 0. The van der Waals surface area contributed by atoms with Crippen molar-refractivity contribution < 1.29 is 18.0 Å². The van der Waals surface area contributed by atoms with E-state index in [0.29, 0.717) is 43.9 Å². The molecule has 8 heteroatoms. The van der Waals surface area contributed by atoms with Crippen LogP contribution in [0.1, 0.15) is 57.1 Å². The van der Waals surface area contributed by atoms with E-state index in [4.69, 9.17) is 0 Å². The van der Waals surface area contributed by atoms with E-state index in [0.717, 1.165) is 37.7 Å². The van der Waals surface area contributed by atoms with Gasteiger partial charge in [0, 0.05) is 32.1 Å². The number of hydrogen-bond acceptors (Lipinski definition) is 4. The van der Waals surface area contributed by atoms with Gasteiger partial charge in [-0.2, -0.15) is 4.31 Å². The van der Waals surface area contributed by atoms with Gasteiger partial charge in [-0.25, -0.2) is 8.42 Å². The number of rotatable bonds is 9. The molecule has 1 heterocycles. The van der Waals surface area contributed by atoms with Crippen molar-refractivity contribution in [1.29, 1.82) is 0 Å². The van der Waals surface area contributed by atoms with Crippen LogP contribution in [0, 0.1) is 5.92 Å². The Hall–Kier alpha value is -1.93. The molecule has 1 saturated heterocycles. The van der Waals surface area contributed by atoms with Crippen LogP contribution < -0.4 is 5.32 Å². The van der Waals surface area contributed by atoms with Crippen LogP contribution in [-0.2, 0) is 32.5 Å². The van der Waals surface area contributed by atoms with Crippen molar-refractivity contribution >= 4 is 21.8 Å². The minimum atomic E-state index is -3.55. The van der Waals surface area contributed by atoms with Crippen molar-refractivity contribution in [2.75, 3.05) is 32.7 Å². The molecule has 1 fully saturated rings. The number of carbonyl (C=O) groups excluding carboxylic acids is 2. The van der Waals surface area contributed by atoms with E-state index >= 15 is 0 Å². The van der Waals surface area contributed by atoms with Crippen LogP contribution in [0.3, 0.4) is 0 Å². The number of nitrogens with zero attached hydrogens (tertiary/aromatic N) is 2. The molecular weight excluding hydrogens is 414 g/mol. The predicted octanol–water partition coefficient (Wildman–Crippen LogP) is 2.34. The Morgan fingerprint density at radius 3 is 2.48 bits per heavy atom. The van der Waals surface area contributed by atoms with Crippen molar-refractivity contribution in [2.45, 2.75) is 63.7 Å². The highest BCUT2D eigenvalue weighted by Crippen LogP contribution is 2.29. The van der Waals surface area contributed by atoms with Crippen molar-refractivity contribution in [3.63, 3.8) is 0 Å². The highest BCUT2D eigenvalue weighted by molar-refractivity contribution is 7.89. The molecule has 1 aromatic carbocycles. The number of sulfonamides is 1. The first-order valence-corrected chi connectivity index (χ1v) is 13.0. The summed E-state index contributed by atoms with van der Waals surface area (Å²) in [6.07, 6.45) is 5.64. The second-order valence-electron chi connectivity index (χ2n) is 8.57. The summed E-state index contributed by atoms with van der Waals surface area (Å²) in [6.45, 7) is 5.84. The van der Waals surface area contributed by atoms with Crippen molar-refractivity contribution in [2.24, 2.45) is 5.92 Å². The van der Waals surface area contributed by atoms with Gasteiger partial charge in [-0.05, 0) is 68.2 Å². The van der Waals surface area contributed by atoms with Gasteiger partial charge in [-0.15, -0.1) is 0 Å². The maximum Gasteiger partial charge on any atom is 0.243 e. The lowest BCUT2D eigenvalue weighted by Crippen LogP contribution is -2.47. The zero-order valence-electron chi connectivity index (χ0n) is 18.7. The number of fused-ring (bicyclic) bond motifs is 1. The lowest BCUT2D eigenvalue weighted by atomic mass is 9.96. The van der Waals surface area contributed by atoms with E-state index in [1.165, 1.54) is 9.87 Å².